The third-order valence-corrected chi connectivity index (χ3v) is 7.61. The Morgan fingerprint density at radius 2 is 1.92 bits per heavy atom. The molecule has 3 aromatic carbocycles. The lowest BCUT2D eigenvalue weighted by Gasteiger charge is -2.23. The van der Waals surface area contributed by atoms with Crippen LogP contribution in [0.2, 0.25) is 0 Å². The van der Waals surface area contributed by atoms with E-state index in [1.807, 2.05) is 6.92 Å². The number of aromatic nitrogens is 1. The molecule has 7 nitrogen and oxygen atoms in total. The van der Waals surface area contributed by atoms with Gasteiger partial charge in [0.1, 0.15) is 29.2 Å². The molecule has 1 fully saturated rings. The summed E-state index contributed by atoms with van der Waals surface area (Å²) in [6.45, 7) is 1.96. The summed E-state index contributed by atoms with van der Waals surface area (Å²) in [4.78, 5) is 32.6. The van der Waals surface area contributed by atoms with Crippen LogP contribution in [-0.2, 0) is 16.0 Å². The summed E-state index contributed by atoms with van der Waals surface area (Å²) in [5.74, 6) is -1.02. The SMILES string of the molecule is COc1ccc(C2C(=C(O)c3ccc4c(c3)CC(C)O4)C(=O)C(=O)N2c2nc3ccc(F)cc3s2)cc1. The van der Waals surface area contributed by atoms with Crippen molar-refractivity contribution in [3.05, 3.63) is 88.7 Å². The molecule has 1 saturated heterocycles. The van der Waals surface area contributed by atoms with Crippen LogP contribution in [-0.4, -0.2) is 35.0 Å². The Bertz CT molecular complexity index is 1610. The van der Waals surface area contributed by atoms with Gasteiger partial charge in [-0.15, -0.1) is 0 Å². The third kappa shape index (κ3) is 3.82. The number of carbonyl (C=O) groups is 2. The lowest BCUT2D eigenvalue weighted by molar-refractivity contribution is -0.132. The molecule has 2 unspecified atom stereocenters. The van der Waals surface area contributed by atoms with Gasteiger partial charge in [-0.3, -0.25) is 14.5 Å². The third-order valence-electron chi connectivity index (χ3n) is 6.59. The smallest absolute Gasteiger partial charge is 0.301 e. The Morgan fingerprint density at radius 3 is 2.68 bits per heavy atom. The van der Waals surface area contributed by atoms with Gasteiger partial charge in [-0.05, 0) is 66.6 Å². The maximum Gasteiger partial charge on any atom is 0.301 e. The van der Waals surface area contributed by atoms with Gasteiger partial charge < -0.3 is 14.6 Å². The molecule has 0 saturated carbocycles. The number of amides is 1. The minimum atomic E-state index is -0.945. The Hall–Kier alpha value is -4.24. The number of hydrogen-bond acceptors (Lipinski definition) is 7. The zero-order chi connectivity index (χ0) is 25.8. The summed E-state index contributed by atoms with van der Waals surface area (Å²) in [6.07, 6.45) is 0.691. The monoisotopic (exact) mass is 516 g/mol. The van der Waals surface area contributed by atoms with Crippen LogP contribution < -0.4 is 14.4 Å². The fourth-order valence-corrected chi connectivity index (χ4v) is 5.86. The van der Waals surface area contributed by atoms with Crippen LogP contribution in [0, 0.1) is 5.82 Å². The molecule has 6 rings (SSSR count). The van der Waals surface area contributed by atoms with E-state index in [4.69, 9.17) is 9.47 Å². The maximum absolute atomic E-state index is 13.8. The average molecular weight is 517 g/mol. The van der Waals surface area contributed by atoms with Gasteiger partial charge in [0.2, 0.25) is 0 Å². The molecule has 2 atom stereocenters. The molecule has 186 valence electrons. The number of methoxy groups -OCH3 is 1. The molecule has 1 amide bonds. The first kappa shape index (κ1) is 23.2. The predicted octanol–water partition coefficient (Wildman–Crippen LogP) is 5.39. The van der Waals surface area contributed by atoms with E-state index in [1.165, 1.54) is 23.1 Å². The molecular weight excluding hydrogens is 495 g/mol. The summed E-state index contributed by atoms with van der Waals surface area (Å²) < 4.78 is 25.4. The molecule has 0 radical (unpaired) electrons. The predicted molar refractivity (Wildman–Crippen MR) is 138 cm³/mol. The van der Waals surface area contributed by atoms with E-state index in [1.54, 1.807) is 49.6 Å². The highest BCUT2D eigenvalue weighted by molar-refractivity contribution is 7.22. The van der Waals surface area contributed by atoms with E-state index in [0.717, 1.165) is 22.6 Å². The van der Waals surface area contributed by atoms with Gasteiger partial charge in [0.05, 0.1) is 28.9 Å². The highest BCUT2D eigenvalue weighted by atomic mass is 32.1. The summed E-state index contributed by atoms with van der Waals surface area (Å²) in [7, 11) is 1.54. The van der Waals surface area contributed by atoms with E-state index in [-0.39, 0.29) is 22.6 Å². The largest absolute Gasteiger partial charge is 0.507 e. The summed E-state index contributed by atoms with van der Waals surface area (Å²) >= 11 is 1.10. The number of thiazole rings is 1. The number of hydrogen-bond donors (Lipinski definition) is 1. The summed E-state index contributed by atoms with van der Waals surface area (Å²) in [6, 6.07) is 15.3. The van der Waals surface area contributed by atoms with Crippen LogP contribution in [0.3, 0.4) is 0 Å². The molecule has 4 aromatic rings. The fourth-order valence-electron chi connectivity index (χ4n) is 4.85. The van der Waals surface area contributed by atoms with Crippen LogP contribution >= 0.6 is 11.3 Å². The molecular formula is C28H21FN2O5S. The Kier molecular flexibility index (Phi) is 5.45. The Morgan fingerprint density at radius 1 is 1.14 bits per heavy atom. The van der Waals surface area contributed by atoms with E-state index in [9.17, 15) is 19.1 Å². The second kappa shape index (κ2) is 8.70. The van der Waals surface area contributed by atoms with Crippen LogP contribution in [0.25, 0.3) is 16.0 Å². The average Bonchev–Trinajstić information content (AvgIpc) is 3.55. The highest BCUT2D eigenvalue weighted by Crippen LogP contribution is 2.45. The zero-order valence-electron chi connectivity index (χ0n) is 19.9. The Labute approximate surface area is 215 Å². The first-order valence-corrected chi connectivity index (χ1v) is 12.5. The van der Waals surface area contributed by atoms with E-state index in [2.05, 4.69) is 4.98 Å². The minimum absolute atomic E-state index is 0.0150. The first-order chi connectivity index (χ1) is 17.8. The Balaban J connectivity index is 1.53. The fraction of sp³-hybridized carbons (Fsp3) is 0.179. The second-order valence-electron chi connectivity index (χ2n) is 9.01. The van der Waals surface area contributed by atoms with Crippen molar-refractivity contribution in [3.63, 3.8) is 0 Å². The van der Waals surface area contributed by atoms with Crippen molar-refractivity contribution in [2.24, 2.45) is 0 Å². The van der Waals surface area contributed by atoms with Crippen molar-refractivity contribution in [1.29, 1.82) is 0 Å². The number of ether oxygens (including phenoxy) is 2. The summed E-state index contributed by atoms with van der Waals surface area (Å²) in [5, 5.41) is 11.7. The van der Waals surface area contributed by atoms with Gasteiger partial charge in [0.25, 0.3) is 5.78 Å². The number of aliphatic hydroxyl groups is 1. The molecule has 9 heteroatoms. The van der Waals surface area contributed by atoms with Gasteiger partial charge in [0, 0.05) is 12.0 Å². The second-order valence-corrected chi connectivity index (χ2v) is 10.0. The van der Waals surface area contributed by atoms with Crippen LogP contribution in [0.4, 0.5) is 9.52 Å². The molecule has 1 aromatic heterocycles. The van der Waals surface area contributed by atoms with E-state index in [0.29, 0.717) is 33.5 Å². The molecule has 1 N–H and O–H groups in total. The number of fused-ring (bicyclic) bond motifs is 2. The van der Waals surface area contributed by atoms with Gasteiger partial charge in [-0.1, -0.05) is 23.5 Å². The molecule has 0 aliphatic carbocycles. The molecule has 2 aliphatic heterocycles. The maximum atomic E-state index is 13.8. The number of halogens is 1. The van der Waals surface area contributed by atoms with Crippen LogP contribution in [0.15, 0.2) is 66.2 Å². The van der Waals surface area contributed by atoms with Crippen molar-refractivity contribution < 1.29 is 28.6 Å². The zero-order valence-corrected chi connectivity index (χ0v) is 20.7. The van der Waals surface area contributed by atoms with Crippen LogP contribution in [0.5, 0.6) is 11.5 Å². The van der Waals surface area contributed by atoms with Crippen LogP contribution in [0.1, 0.15) is 29.7 Å². The van der Waals surface area contributed by atoms with Crippen molar-refractivity contribution in [2.45, 2.75) is 25.5 Å². The van der Waals surface area contributed by atoms with Crippen molar-refractivity contribution in [3.8, 4) is 11.5 Å². The first-order valence-electron chi connectivity index (χ1n) is 11.6. The van der Waals surface area contributed by atoms with Gasteiger partial charge in [0.15, 0.2) is 5.13 Å². The molecule has 0 spiro atoms. The standard InChI is InChI=1S/C28H21FN2O5S/c1-14-11-17-12-16(5-10-21(17)36-14)25(32)23-24(15-3-7-19(35-2)8-4-15)31(27(34)26(23)33)28-30-20-9-6-18(29)13-22(20)37-28/h3-10,12-14,24,32H,11H2,1-2H3. The van der Waals surface area contributed by atoms with Gasteiger partial charge in [-0.2, -0.15) is 0 Å². The normalized spacial score (nSPS) is 20.4. The molecule has 3 heterocycles. The molecule has 0 bridgehead atoms. The van der Waals surface area contributed by atoms with Crippen molar-refractivity contribution in [2.75, 3.05) is 12.0 Å². The number of anilines is 1. The quantitative estimate of drug-likeness (QED) is 0.222. The number of carbonyl (C=O) groups excluding carboxylic acids is 2. The topological polar surface area (TPSA) is 89.0 Å². The highest BCUT2D eigenvalue weighted by Gasteiger charge is 2.48. The number of Topliss-reactive ketones (excluding diaryl/α,β-unsaturated/α-hetero) is 1. The number of aliphatic hydroxyl groups excluding tert-OH is 1. The lowest BCUT2D eigenvalue weighted by atomic mass is 9.94. The minimum Gasteiger partial charge on any atom is -0.507 e. The summed E-state index contributed by atoms with van der Waals surface area (Å²) in [5.41, 5.74) is 2.38. The molecule has 2 aliphatic rings. The van der Waals surface area contributed by atoms with Gasteiger partial charge >= 0.3 is 5.91 Å². The van der Waals surface area contributed by atoms with Crippen molar-refractivity contribution >= 4 is 44.1 Å². The number of rotatable bonds is 4. The number of benzene rings is 3. The van der Waals surface area contributed by atoms with E-state index >= 15 is 0 Å². The van der Waals surface area contributed by atoms with Crippen molar-refractivity contribution in [1.82, 2.24) is 4.98 Å². The number of nitrogens with zero attached hydrogens (tertiary/aromatic N) is 2. The number of ketones is 1. The molecule has 37 heavy (non-hydrogen) atoms. The van der Waals surface area contributed by atoms with Gasteiger partial charge in [-0.25, -0.2) is 9.37 Å². The van der Waals surface area contributed by atoms with E-state index < -0.39 is 23.5 Å². The lowest BCUT2D eigenvalue weighted by Crippen LogP contribution is -2.29.